The molecule has 0 unspecified atom stereocenters. The van der Waals surface area contributed by atoms with Crippen molar-refractivity contribution in [3.05, 3.63) is 96.4 Å². The van der Waals surface area contributed by atoms with E-state index in [1.54, 1.807) is 0 Å². The summed E-state index contributed by atoms with van der Waals surface area (Å²) in [5.74, 6) is -0.511. The molecular weight excluding hydrogens is 561 g/mol. The van der Waals surface area contributed by atoms with E-state index in [9.17, 15) is 23.3 Å². The number of nitro groups is 1. The Morgan fingerprint density at radius 3 is 2.36 bits per heavy atom. The molecule has 13 heteroatoms. The predicted molar refractivity (Wildman–Crippen MR) is 127 cm³/mol. The van der Waals surface area contributed by atoms with Gasteiger partial charge in [0.15, 0.2) is 5.75 Å². The van der Waals surface area contributed by atoms with Crippen molar-refractivity contribution < 1.29 is 22.3 Å². The Balaban J connectivity index is 1.68. The molecule has 0 radical (unpaired) electrons. The number of benzene rings is 3. The molecule has 0 aliphatic rings. The zero-order valence-electron chi connectivity index (χ0n) is 16.2. The number of hydrogen-bond acceptors (Lipinski definition) is 7. The van der Waals surface area contributed by atoms with Gasteiger partial charge in [-0.25, -0.2) is 5.43 Å². The summed E-state index contributed by atoms with van der Waals surface area (Å²) in [6.07, 6.45) is 1.34. The third kappa shape index (κ3) is 6.29. The molecule has 33 heavy (non-hydrogen) atoms. The highest BCUT2D eigenvalue weighted by Crippen LogP contribution is 2.29. The van der Waals surface area contributed by atoms with Crippen LogP contribution in [0, 0.1) is 10.1 Å². The number of carbonyl (C=O) groups is 1. The molecule has 3 aromatic carbocycles. The van der Waals surface area contributed by atoms with Crippen molar-refractivity contribution in [1.82, 2.24) is 5.43 Å². The van der Waals surface area contributed by atoms with E-state index < -0.39 is 20.9 Å². The highest BCUT2D eigenvalue weighted by molar-refractivity contribution is 9.10. The quantitative estimate of drug-likeness (QED) is 0.179. The molecule has 0 spiro atoms. The standard InChI is InChI=1S/C20H12BrCl2N3O6S/c21-16-9-12(11-24-25-20(27)13-2-7-17(22)18(23)10-13)1-8-19(16)32-33(30,31)15-5-3-14(4-6-15)26(28)29/h1-11H,(H,25,27)/b24-11-. The largest absolute Gasteiger partial charge is 0.378 e. The number of hydrogen-bond donors (Lipinski definition) is 1. The van der Waals surface area contributed by atoms with Crippen LogP contribution in [0.1, 0.15) is 15.9 Å². The van der Waals surface area contributed by atoms with E-state index >= 15 is 0 Å². The molecule has 0 saturated heterocycles. The lowest BCUT2D eigenvalue weighted by atomic mass is 10.2. The van der Waals surface area contributed by atoms with Crippen LogP contribution in [0.2, 0.25) is 10.0 Å². The van der Waals surface area contributed by atoms with Crippen molar-refractivity contribution >= 4 is 67.1 Å². The number of nitrogens with zero attached hydrogens (tertiary/aromatic N) is 2. The zero-order chi connectivity index (χ0) is 24.2. The van der Waals surface area contributed by atoms with E-state index in [2.05, 4.69) is 26.5 Å². The summed E-state index contributed by atoms with van der Waals surface area (Å²) < 4.78 is 30.3. The maximum absolute atomic E-state index is 12.4. The number of halogens is 3. The molecule has 9 nitrogen and oxygen atoms in total. The molecular formula is C20H12BrCl2N3O6S. The molecule has 0 fully saturated rings. The summed E-state index contributed by atoms with van der Waals surface area (Å²) in [5.41, 5.74) is 2.88. The summed E-state index contributed by atoms with van der Waals surface area (Å²) in [7, 11) is -4.22. The second-order valence-electron chi connectivity index (χ2n) is 6.31. The maximum Gasteiger partial charge on any atom is 0.339 e. The van der Waals surface area contributed by atoms with E-state index in [0.717, 1.165) is 24.3 Å². The second-order valence-corrected chi connectivity index (χ2v) is 9.52. The van der Waals surface area contributed by atoms with E-state index in [0.29, 0.717) is 15.1 Å². The first-order valence-electron chi connectivity index (χ1n) is 8.84. The molecule has 0 aliphatic heterocycles. The van der Waals surface area contributed by atoms with Crippen molar-refractivity contribution in [2.75, 3.05) is 0 Å². The van der Waals surface area contributed by atoms with Gasteiger partial charge in [0.2, 0.25) is 0 Å². The van der Waals surface area contributed by atoms with Gasteiger partial charge in [0.25, 0.3) is 11.6 Å². The molecule has 0 saturated carbocycles. The summed E-state index contributed by atoms with van der Waals surface area (Å²) in [6.45, 7) is 0. The number of non-ortho nitro benzene ring substituents is 1. The summed E-state index contributed by atoms with van der Waals surface area (Å²) in [6, 6.07) is 13.1. The maximum atomic E-state index is 12.4. The second kappa shape index (κ2) is 10.3. The van der Waals surface area contributed by atoms with Crippen LogP contribution >= 0.6 is 39.1 Å². The van der Waals surface area contributed by atoms with Crippen LogP contribution in [0.3, 0.4) is 0 Å². The van der Waals surface area contributed by atoms with Gasteiger partial charge in [0.05, 0.1) is 25.7 Å². The number of hydrazone groups is 1. The smallest absolute Gasteiger partial charge is 0.339 e. The fraction of sp³-hybridized carbons (Fsp3) is 0. The third-order valence-electron chi connectivity index (χ3n) is 4.05. The third-order valence-corrected chi connectivity index (χ3v) is 6.66. The Hall–Kier alpha value is -2.99. The number of amides is 1. The van der Waals surface area contributed by atoms with Gasteiger partial charge < -0.3 is 4.18 Å². The Kier molecular flexibility index (Phi) is 7.69. The fourth-order valence-electron chi connectivity index (χ4n) is 2.43. The predicted octanol–water partition coefficient (Wildman–Crippen LogP) is 5.20. The molecule has 0 heterocycles. The van der Waals surface area contributed by atoms with E-state index in [1.165, 1.54) is 42.6 Å². The van der Waals surface area contributed by atoms with Gasteiger partial charge in [-0.15, -0.1) is 0 Å². The molecule has 170 valence electrons. The SMILES string of the molecule is O=C(N/N=C\c1ccc(OS(=O)(=O)c2ccc([N+](=O)[O-])cc2)c(Br)c1)c1ccc(Cl)c(Cl)c1. The Morgan fingerprint density at radius 1 is 1.06 bits per heavy atom. The van der Waals surface area contributed by atoms with E-state index in [4.69, 9.17) is 27.4 Å². The van der Waals surface area contributed by atoms with Gasteiger partial charge >= 0.3 is 10.1 Å². The van der Waals surface area contributed by atoms with Crippen LogP contribution < -0.4 is 9.61 Å². The molecule has 3 rings (SSSR count). The van der Waals surface area contributed by atoms with Crippen LogP contribution in [0.4, 0.5) is 5.69 Å². The first-order chi connectivity index (χ1) is 15.6. The molecule has 0 aromatic heterocycles. The van der Waals surface area contributed by atoms with Crippen LogP contribution in [0.15, 0.2) is 75.1 Å². The minimum absolute atomic E-state index is 0.00894. The number of rotatable bonds is 7. The molecule has 3 aromatic rings. The summed E-state index contributed by atoms with van der Waals surface area (Å²) in [4.78, 5) is 21.9. The first kappa shape index (κ1) is 24.6. The topological polar surface area (TPSA) is 128 Å². The van der Waals surface area contributed by atoms with Crippen molar-refractivity contribution in [1.29, 1.82) is 0 Å². The van der Waals surface area contributed by atoms with Crippen molar-refractivity contribution in [3.8, 4) is 5.75 Å². The van der Waals surface area contributed by atoms with E-state index in [1.807, 2.05) is 0 Å². The number of carbonyl (C=O) groups excluding carboxylic acids is 1. The van der Waals surface area contributed by atoms with Crippen LogP contribution in [-0.2, 0) is 10.1 Å². The number of nitrogens with one attached hydrogen (secondary N) is 1. The Labute approximate surface area is 206 Å². The Bertz CT molecular complexity index is 1360. The average Bonchev–Trinajstić information content (AvgIpc) is 2.77. The number of nitro benzene ring substituents is 1. The normalized spacial score (nSPS) is 11.4. The fourth-order valence-corrected chi connectivity index (χ4v) is 4.26. The van der Waals surface area contributed by atoms with E-state index in [-0.39, 0.29) is 26.9 Å². The molecule has 1 N–H and O–H groups in total. The first-order valence-corrected chi connectivity index (χ1v) is 11.8. The highest BCUT2D eigenvalue weighted by atomic mass is 79.9. The zero-order valence-corrected chi connectivity index (χ0v) is 20.2. The molecule has 0 atom stereocenters. The van der Waals surface area contributed by atoms with Crippen LogP contribution in [0.5, 0.6) is 5.75 Å². The van der Waals surface area contributed by atoms with Gasteiger partial charge in [-0.3, -0.25) is 14.9 Å². The van der Waals surface area contributed by atoms with Gasteiger partial charge in [0, 0.05) is 17.7 Å². The van der Waals surface area contributed by atoms with Gasteiger partial charge in [0.1, 0.15) is 4.90 Å². The molecule has 0 bridgehead atoms. The molecule has 1 amide bonds. The average molecular weight is 573 g/mol. The lowest BCUT2D eigenvalue weighted by Gasteiger charge is -2.09. The van der Waals surface area contributed by atoms with Crippen molar-refractivity contribution in [2.24, 2.45) is 5.10 Å². The van der Waals surface area contributed by atoms with Crippen LogP contribution in [0.25, 0.3) is 0 Å². The van der Waals surface area contributed by atoms with Crippen LogP contribution in [-0.4, -0.2) is 25.5 Å². The van der Waals surface area contributed by atoms with Crippen molar-refractivity contribution in [2.45, 2.75) is 4.90 Å². The Morgan fingerprint density at radius 2 is 1.76 bits per heavy atom. The summed E-state index contributed by atoms with van der Waals surface area (Å²) >= 11 is 14.9. The van der Waals surface area contributed by atoms with Gasteiger partial charge in [-0.05, 0) is 70.0 Å². The monoisotopic (exact) mass is 571 g/mol. The highest BCUT2D eigenvalue weighted by Gasteiger charge is 2.19. The van der Waals surface area contributed by atoms with Gasteiger partial charge in [-0.2, -0.15) is 13.5 Å². The van der Waals surface area contributed by atoms with Gasteiger partial charge in [-0.1, -0.05) is 23.2 Å². The summed E-state index contributed by atoms with van der Waals surface area (Å²) in [5, 5.41) is 15.1. The minimum Gasteiger partial charge on any atom is -0.378 e. The lowest BCUT2D eigenvalue weighted by Crippen LogP contribution is -2.17. The van der Waals surface area contributed by atoms with Crippen molar-refractivity contribution in [3.63, 3.8) is 0 Å². The lowest BCUT2D eigenvalue weighted by molar-refractivity contribution is -0.384. The molecule has 0 aliphatic carbocycles. The minimum atomic E-state index is -4.22.